The number of rotatable bonds is 3. The highest BCUT2D eigenvalue weighted by Crippen LogP contribution is 2.39. The molecule has 0 bridgehead atoms. The van der Waals surface area contributed by atoms with Crippen molar-refractivity contribution in [3.8, 4) is 0 Å². The van der Waals surface area contributed by atoms with Gasteiger partial charge in [0.05, 0.1) is 17.5 Å². The number of carbonyl (C=O) groups excluding carboxylic acids is 3. The lowest BCUT2D eigenvalue weighted by Gasteiger charge is -2.18. The molecule has 0 aromatic heterocycles. The number of anilines is 2. The highest BCUT2D eigenvalue weighted by atomic mass is 127. The monoisotopic (exact) mass is 486 g/mol. The summed E-state index contributed by atoms with van der Waals surface area (Å²) in [5.41, 5.74) is 2.70. The van der Waals surface area contributed by atoms with E-state index in [1.165, 1.54) is 4.90 Å². The van der Waals surface area contributed by atoms with Crippen LogP contribution in [0, 0.1) is 15.4 Å². The molecule has 0 unspecified atom stereocenters. The average Bonchev–Trinajstić information content (AvgIpc) is 2.93. The summed E-state index contributed by atoms with van der Waals surface area (Å²) in [5, 5.41) is 2.84. The maximum atomic E-state index is 12.9. The number of hydrogen-bond donors (Lipinski definition) is 1. The van der Waals surface area contributed by atoms with Crippen molar-refractivity contribution in [2.24, 2.45) is 11.8 Å². The van der Waals surface area contributed by atoms with Gasteiger partial charge in [0.2, 0.25) is 11.8 Å². The number of halogens is 1. The second-order valence-corrected chi connectivity index (χ2v) is 8.47. The van der Waals surface area contributed by atoms with Crippen molar-refractivity contribution < 1.29 is 14.4 Å². The molecule has 2 aromatic rings. The summed E-state index contributed by atoms with van der Waals surface area (Å²) >= 11 is 2.20. The summed E-state index contributed by atoms with van der Waals surface area (Å²) in [6.45, 7) is 1.99. The van der Waals surface area contributed by atoms with Gasteiger partial charge in [0.25, 0.3) is 5.91 Å². The molecule has 0 saturated carbocycles. The molecule has 0 spiro atoms. The third-order valence-electron chi connectivity index (χ3n) is 5.29. The lowest BCUT2D eigenvalue weighted by atomic mass is 9.82. The van der Waals surface area contributed by atoms with Gasteiger partial charge in [0.15, 0.2) is 0 Å². The number of nitrogens with zero attached hydrogens (tertiary/aromatic N) is 1. The van der Waals surface area contributed by atoms with Gasteiger partial charge < -0.3 is 5.32 Å². The quantitative estimate of drug-likeness (QED) is 0.398. The molecular formula is C22H19IN2O3. The largest absolute Gasteiger partial charge is 0.322 e. The molecule has 2 atom stereocenters. The van der Waals surface area contributed by atoms with E-state index < -0.39 is 0 Å². The summed E-state index contributed by atoms with van der Waals surface area (Å²) < 4.78 is 1.08. The van der Waals surface area contributed by atoms with E-state index in [1.807, 2.05) is 37.3 Å². The normalized spacial score (nSPS) is 21.4. The van der Waals surface area contributed by atoms with E-state index in [-0.39, 0.29) is 29.6 Å². The first-order chi connectivity index (χ1) is 13.4. The molecule has 1 aliphatic heterocycles. The van der Waals surface area contributed by atoms with Crippen molar-refractivity contribution in [3.63, 3.8) is 0 Å². The Morgan fingerprint density at radius 3 is 2.54 bits per heavy atom. The molecular weight excluding hydrogens is 467 g/mol. The van der Waals surface area contributed by atoms with Gasteiger partial charge in [-0.1, -0.05) is 17.7 Å². The fourth-order valence-corrected chi connectivity index (χ4v) is 4.17. The summed E-state index contributed by atoms with van der Waals surface area (Å²) in [7, 11) is 0. The third kappa shape index (κ3) is 3.48. The SMILES string of the molecule is CC1=CC[C@@H]2C(=O)N(c3cccc(C(=O)Nc4ccc(I)cc4)c3)C(=O)[C@@H]2C1. The van der Waals surface area contributed by atoms with Crippen molar-refractivity contribution in [2.45, 2.75) is 19.8 Å². The van der Waals surface area contributed by atoms with E-state index in [1.54, 1.807) is 24.3 Å². The third-order valence-corrected chi connectivity index (χ3v) is 6.01. The van der Waals surface area contributed by atoms with Crippen LogP contribution < -0.4 is 10.2 Å². The van der Waals surface area contributed by atoms with Gasteiger partial charge in [-0.3, -0.25) is 19.3 Å². The molecule has 2 aromatic carbocycles. The molecule has 142 valence electrons. The smallest absolute Gasteiger partial charge is 0.255 e. The van der Waals surface area contributed by atoms with Gasteiger partial charge in [-0.15, -0.1) is 0 Å². The zero-order chi connectivity index (χ0) is 19.8. The fourth-order valence-electron chi connectivity index (χ4n) is 3.81. The van der Waals surface area contributed by atoms with Crippen LogP contribution >= 0.6 is 22.6 Å². The van der Waals surface area contributed by atoms with Crippen LogP contribution in [0.1, 0.15) is 30.1 Å². The summed E-state index contributed by atoms with van der Waals surface area (Å²) in [6.07, 6.45) is 3.27. The highest BCUT2D eigenvalue weighted by Gasteiger charge is 2.48. The number of benzene rings is 2. The Bertz CT molecular complexity index is 997. The molecule has 1 heterocycles. The maximum Gasteiger partial charge on any atom is 0.255 e. The molecule has 5 nitrogen and oxygen atoms in total. The average molecular weight is 486 g/mol. The van der Waals surface area contributed by atoms with E-state index in [9.17, 15) is 14.4 Å². The van der Waals surface area contributed by atoms with Gasteiger partial charge in [-0.05, 0) is 84.8 Å². The predicted molar refractivity (Wildman–Crippen MR) is 116 cm³/mol. The minimum atomic E-state index is -0.291. The molecule has 1 aliphatic carbocycles. The van der Waals surface area contributed by atoms with Crippen LogP contribution in [-0.2, 0) is 9.59 Å². The van der Waals surface area contributed by atoms with E-state index in [4.69, 9.17) is 0 Å². The van der Waals surface area contributed by atoms with Crippen LogP contribution in [0.3, 0.4) is 0 Å². The molecule has 0 radical (unpaired) electrons. The number of nitrogens with one attached hydrogen (secondary N) is 1. The van der Waals surface area contributed by atoms with Gasteiger partial charge in [0, 0.05) is 14.8 Å². The highest BCUT2D eigenvalue weighted by molar-refractivity contribution is 14.1. The van der Waals surface area contributed by atoms with Crippen LogP contribution in [0.2, 0.25) is 0 Å². The molecule has 4 rings (SSSR count). The first-order valence-corrected chi connectivity index (χ1v) is 10.2. The van der Waals surface area contributed by atoms with Gasteiger partial charge in [0.1, 0.15) is 0 Å². The number of imide groups is 1. The fraction of sp³-hybridized carbons (Fsp3) is 0.227. The minimum Gasteiger partial charge on any atom is -0.322 e. The van der Waals surface area contributed by atoms with Gasteiger partial charge in [-0.25, -0.2) is 0 Å². The van der Waals surface area contributed by atoms with Crippen molar-refractivity contribution in [2.75, 3.05) is 10.2 Å². The number of allylic oxidation sites excluding steroid dienone is 2. The standard InChI is InChI=1S/C22H19IN2O3/c1-13-5-10-18-19(11-13)22(28)25(21(18)27)17-4-2-3-14(12-17)20(26)24-16-8-6-15(23)7-9-16/h2-9,12,18-19H,10-11H2,1H3,(H,24,26)/t18-,19+/m0/s1. The lowest BCUT2D eigenvalue weighted by molar-refractivity contribution is -0.122. The molecule has 1 saturated heterocycles. The Hall–Kier alpha value is -2.48. The van der Waals surface area contributed by atoms with Crippen LogP contribution in [0.15, 0.2) is 60.2 Å². The lowest BCUT2D eigenvalue weighted by Crippen LogP contribution is -2.31. The first-order valence-electron chi connectivity index (χ1n) is 9.14. The zero-order valence-electron chi connectivity index (χ0n) is 15.3. The van der Waals surface area contributed by atoms with Crippen LogP contribution in [0.25, 0.3) is 0 Å². The van der Waals surface area contributed by atoms with E-state index >= 15 is 0 Å². The molecule has 1 N–H and O–H groups in total. The minimum absolute atomic E-state index is 0.169. The zero-order valence-corrected chi connectivity index (χ0v) is 17.5. The molecule has 28 heavy (non-hydrogen) atoms. The van der Waals surface area contributed by atoms with Crippen LogP contribution in [0.4, 0.5) is 11.4 Å². The first kappa shape index (κ1) is 18.9. The van der Waals surface area contributed by atoms with Crippen LogP contribution in [-0.4, -0.2) is 17.7 Å². The number of carbonyl (C=O) groups is 3. The number of hydrogen-bond acceptors (Lipinski definition) is 3. The number of amides is 3. The summed E-state index contributed by atoms with van der Waals surface area (Å²) in [6, 6.07) is 14.2. The van der Waals surface area contributed by atoms with Crippen molar-refractivity contribution in [1.29, 1.82) is 0 Å². The summed E-state index contributed by atoms with van der Waals surface area (Å²) in [4.78, 5) is 39.6. The van der Waals surface area contributed by atoms with Crippen molar-refractivity contribution >= 4 is 51.7 Å². The predicted octanol–water partition coefficient (Wildman–Crippen LogP) is 4.39. The Morgan fingerprint density at radius 1 is 1.07 bits per heavy atom. The molecule has 2 aliphatic rings. The summed E-state index contributed by atoms with van der Waals surface area (Å²) in [5.74, 6) is -1.20. The second kappa shape index (κ2) is 7.50. The van der Waals surface area contributed by atoms with Gasteiger partial charge >= 0.3 is 0 Å². The molecule has 1 fully saturated rings. The Morgan fingerprint density at radius 2 is 1.79 bits per heavy atom. The van der Waals surface area contributed by atoms with Crippen molar-refractivity contribution in [3.05, 3.63) is 69.3 Å². The Balaban J connectivity index is 1.57. The molecule has 3 amide bonds. The Kier molecular flexibility index (Phi) is 5.05. The second-order valence-electron chi connectivity index (χ2n) is 7.23. The van der Waals surface area contributed by atoms with Gasteiger partial charge in [-0.2, -0.15) is 0 Å². The Labute approximate surface area is 176 Å². The van der Waals surface area contributed by atoms with E-state index in [0.29, 0.717) is 29.8 Å². The molecule has 6 heteroatoms. The van der Waals surface area contributed by atoms with E-state index in [2.05, 4.69) is 27.9 Å². The topological polar surface area (TPSA) is 66.5 Å². The number of fused-ring (bicyclic) bond motifs is 1. The van der Waals surface area contributed by atoms with Crippen LogP contribution in [0.5, 0.6) is 0 Å². The van der Waals surface area contributed by atoms with Crippen molar-refractivity contribution in [1.82, 2.24) is 0 Å². The maximum absolute atomic E-state index is 12.9. The van der Waals surface area contributed by atoms with E-state index in [0.717, 1.165) is 9.14 Å².